The van der Waals surface area contributed by atoms with E-state index >= 15 is 0 Å². The summed E-state index contributed by atoms with van der Waals surface area (Å²) in [6.45, 7) is 2.92. The molecule has 0 spiro atoms. The highest BCUT2D eigenvalue weighted by molar-refractivity contribution is 8.26. The van der Waals surface area contributed by atoms with Gasteiger partial charge in [-0.25, -0.2) is 0 Å². The fourth-order valence-corrected chi connectivity index (χ4v) is 3.72. The number of thioether (sulfide) groups is 1. The lowest BCUT2D eigenvalue weighted by atomic mass is 10.1. The molecule has 0 aromatic heterocycles. The van der Waals surface area contributed by atoms with Gasteiger partial charge in [0.2, 0.25) is 0 Å². The molecule has 0 N–H and O–H groups in total. The molecule has 1 fully saturated rings. The lowest BCUT2D eigenvalue weighted by Gasteiger charge is -2.13. The van der Waals surface area contributed by atoms with Crippen LogP contribution in [0.2, 0.25) is 0 Å². The van der Waals surface area contributed by atoms with Crippen LogP contribution in [0.15, 0.2) is 29.2 Å². The molecule has 1 heterocycles. The van der Waals surface area contributed by atoms with Crippen LogP contribution in [0.1, 0.15) is 38.2 Å². The van der Waals surface area contributed by atoms with Crippen LogP contribution in [0.25, 0.3) is 6.08 Å². The van der Waals surface area contributed by atoms with Crippen molar-refractivity contribution in [3.8, 4) is 0 Å². The van der Waals surface area contributed by atoms with E-state index in [0.717, 1.165) is 35.5 Å². The predicted octanol–water partition coefficient (Wildman–Crippen LogP) is 4.53. The Morgan fingerprint density at radius 1 is 1.17 bits per heavy atom. The number of nitrogens with zero attached hydrogens (tertiary/aromatic N) is 2. The maximum Gasteiger partial charge on any atom is 0.266 e. The van der Waals surface area contributed by atoms with E-state index < -0.39 is 0 Å². The molecule has 1 aromatic carbocycles. The number of amides is 1. The molecule has 5 heteroatoms. The van der Waals surface area contributed by atoms with Crippen molar-refractivity contribution in [2.45, 2.75) is 32.6 Å². The van der Waals surface area contributed by atoms with Gasteiger partial charge < -0.3 is 4.90 Å². The van der Waals surface area contributed by atoms with Crippen molar-refractivity contribution < 1.29 is 4.79 Å². The van der Waals surface area contributed by atoms with Gasteiger partial charge in [0.25, 0.3) is 5.91 Å². The van der Waals surface area contributed by atoms with Crippen molar-refractivity contribution >= 4 is 46.0 Å². The largest absolute Gasteiger partial charge is 0.378 e. The van der Waals surface area contributed by atoms with Gasteiger partial charge >= 0.3 is 0 Å². The lowest BCUT2D eigenvalue weighted by molar-refractivity contribution is -0.122. The Balaban J connectivity index is 2.03. The predicted molar refractivity (Wildman–Crippen MR) is 105 cm³/mol. The third-order valence-corrected chi connectivity index (χ3v) is 5.19. The summed E-state index contributed by atoms with van der Waals surface area (Å²) in [7, 11) is 4.03. The van der Waals surface area contributed by atoms with E-state index in [1.807, 2.05) is 32.3 Å². The molecule has 0 unspecified atom stereocenters. The number of anilines is 1. The van der Waals surface area contributed by atoms with Crippen LogP contribution < -0.4 is 4.90 Å². The highest BCUT2D eigenvalue weighted by Gasteiger charge is 2.31. The summed E-state index contributed by atoms with van der Waals surface area (Å²) < 4.78 is 0.683. The molecule has 1 aromatic rings. The topological polar surface area (TPSA) is 23.6 Å². The van der Waals surface area contributed by atoms with E-state index in [2.05, 4.69) is 24.0 Å². The van der Waals surface area contributed by atoms with Gasteiger partial charge in [0.1, 0.15) is 4.32 Å². The van der Waals surface area contributed by atoms with Crippen LogP contribution in [-0.2, 0) is 4.79 Å². The molecule has 2 rings (SSSR count). The van der Waals surface area contributed by atoms with E-state index in [9.17, 15) is 4.79 Å². The second kappa shape index (κ2) is 8.50. The first kappa shape index (κ1) is 18.0. The van der Waals surface area contributed by atoms with Gasteiger partial charge in [-0.05, 0) is 30.2 Å². The van der Waals surface area contributed by atoms with Gasteiger partial charge in [0.05, 0.1) is 4.91 Å². The number of benzene rings is 1. The van der Waals surface area contributed by atoms with Gasteiger partial charge in [-0.2, -0.15) is 0 Å². The van der Waals surface area contributed by atoms with E-state index in [1.165, 1.54) is 24.6 Å². The van der Waals surface area contributed by atoms with Crippen LogP contribution in [0.5, 0.6) is 0 Å². The summed E-state index contributed by atoms with van der Waals surface area (Å²) in [5.74, 6) is 0.0492. The first-order chi connectivity index (χ1) is 11.0. The minimum atomic E-state index is 0.0492. The van der Waals surface area contributed by atoms with Crippen LogP contribution in [-0.4, -0.2) is 35.8 Å². The molecule has 1 aliphatic rings. The van der Waals surface area contributed by atoms with Crippen molar-refractivity contribution in [1.82, 2.24) is 4.90 Å². The highest BCUT2D eigenvalue weighted by Crippen LogP contribution is 2.33. The number of carbonyl (C=O) groups is 1. The fourth-order valence-electron chi connectivity index (χ4n) is 2.41. The second-order valence-electron chi connectivity index (χ2n) is 5.88. The molecule has 1 saturated heterocycles. The molecule has 0 radical (unpaired) electrons. The Hall–Kier alpha value is -1.33. The summed E-state index contributed by atoms with van der Waals surface area (Å²) in [6.07, 6.45) is 6.51. The summed E-state index contributed by atoms with van der Waals surface area (Å²) in [5.41, 5.74) is 2.17. The van der Waals surface area contributed by atoms with Crippen molar-refractivity contribution in [3.05, 3.63) is 34.7 Å². The molecule has 0 saturated carbocycles. The van der Waals surface area contributed by atoms with Crippen LogP contribution in [0, 0.1) is 0 Å². The molecule has 0 atom stereocenters. The lowest BCUT2D eigenvalue weighted by Crippen LogP contribution is -2.28. The molecule has 1 aliphatic heterocycles. The number of thiocarbonyl (C=S) groups is 1. The number of hydrogen-bond acceptors (Lipinski definition) is 4. The molecule has 23 heavy (non-hydrogen) atoms. The van der Waals surface area contributed by atoms with E-state index in [1.54, 1.807) is 4.90 Å². The summed E-state index contributed by atoms with van der Waals surface area (Å²) >= 11 is 6.77. The monoisotopic (exact) mass is 348 g/mol. The minimum absolute atomic E-state index is 0.0492. The Morgan fingerprint density at radius 2 is 1.87 bits per heavy atom. The average Bonchev–Trinajstić information content (AvgIpc) is 2.79. The maximum atomic E-state index is 12.5. The first-order valence-corrected chi connectivity index (χ1v) is 9.28. The molecule has 3 nitrogen and oxygen atoms in total. The Morgan fingerprint density at radius 3 is 2.48 bits per heavy atom. The Kier molecular flexibility index (Phi) is 6.66. The van der Waals surface area contributed by atoms with Crippen LogP contribution in [0.4, 0.5) is 5.69 Å². The standard InChI is InChI=1S/C18H24N2OS2/c1-4-5-6-7-12-20-17(21)16(23-18(20)22)13-14-8-10-15(11-9-14)19(2)3/h8-11,13H,4-7,12H2,1-3H3/b16-13+. The van der Waals surface area contributed by atoms with Crippen LogP contribution >= 0.6 is 24.0 Å². The first-order valence-electron chi connectivity index (χ1n) is 8.05. The normalized spacial score (nSPS) is 16.5. The zero-order valence-corrected chi connectivity index (χ0v) is 15.7. The Labute approximate surface area is 148 Å². The third-order valence-electron chi connectivity index (χ3n) is 3.82. The third kappa shape index (κ3) is 4.82. The van der Waals surface area contributed by atoms with Crippen molar-refractivity contribution in [2.75, 3.05) is 25.5 Å². The summed E-state index contributed by atoms with van der Waals surface area (Å²) in [5, 5.41) is 0. The molecular formula is C18H24N2OS2. The second-order valence-corrected chi connectivity index (χ2v) is 7.56. The Bertz CT molecular complexity index is 594. The minimum Gasteiger partial charge on any atom is -0.378 e. The van der Waals surface area contributed by atoms with E-state index in [-0.39, 0.29) is 5.91 Å². The maximum absolute atomic E-state index is 12.5. The number of rotatable bonds is 7. The molecule has 0 bridgehead atoms. The molecule has 124 valence electrons. The molecule has 1 amide bonds. The van der Waals surface area contributed by atoms with Crippen LogP contribution in [0.3, 0.4) is 0 Å². The van der Waals surface area contributed by atoms with Crippen molar-refractivity contribution in [2.24, 2.45) is 0 Å². The van der Waals surface area contributed by atoms with Gasteiger partial charge in [0, 0.05) is 26.3 Å². The van der Waals surface area contributed by atoms with Crippen molar-refractivity contribution in [1.29, 1.82) is 0 Å². The van der Waals surface area contributed by atoms with Crippen molar-refractivity contribution in [3.63, 3.8) is 0 Å². The zero-order valence-electron chi connectivity index (χ0n) is 14.0. The summed E-state index contributed by atoms with van der Waals surface area (Å²) in [4.78, 5) is 17.0. The van der Waals surface area contributed by atoms with Gasteiger partial charge in [-0.1, -0.05) is 62.3 Å². The zero-order chi connectivity index (χ0) is 16.8. The highest BCUT2D eigenvalue weighted by atomic mass is 32.2. The number of unbranched alkanes of at least 4 members (excludes halogenated alkanes) is 3. The number of carbonyl (C=O) groups excluding carboxylic acids is 1. The summed E-state index contributed by atoms with van der Waals surface area (Å²) in [6, 6.07) is 8.17. The molecular weight excluding hydrogens is 324 g/mol. The molecule has 0 aliphatic carbocycles. The average molecular weight is 349 g/mol. The SMILES string of the molecule is CCCCCCN1C(=O)/C(=C\c2ccc(N(C)C)cc2)SC1=S. The number of hydrogen-bond donors (Lipinski definition) is 0. The van der Waals surface area contributed by atoms with Gasteiger partial charge in [-0.15, -0.1) is 0 Å². The quantitative estimate of drug-likeness (QED) is 0.410. The van der Waals surface area contributed by atoms with Gasteiger partial charge in [0.15, 0.2) is 0 Å². The van der Waals surface area contributed by atoms with Gasteiger partial charge in [-0.3, -0.25) is 9.69 Å². The smallest absolute Gasteiger partial charge is 0.266 e. The van der Waals surface area contributed by atoms with E-state index in [4.69, 9.17) is 12.2 Å². The van der Waals surface area contributed by atoms with E-state index in [0.29, 0.717) is 4.32 Å². The fraction of sp³-hybridized carbons (Fsp3) is 0.444.